The number of amides is 1. The number of carbonyl (C=O) groups excluding carboxylic acids is 1. The summed E-state index contributed by atoms with van der Waals surface area (Å²) >= 11 is 0. The quantitative estimate of drug-likeness (QED) is 0.840. The lowest BCUT2D eigenvalue weighted by Crippen LogP contribution is -2.47. The van der Waals surface area contributed by atoms with Gasteiger partial charge in [0, 0.05) is 37.9 Å². The summed E-state index contributed by atoms with van der Waals surface area (Å²) in [4.78, 5) is 15.1. The highest BCUT2D eigenvalue weighted by Gasteiger charge is 2.44. The van der Waals surface area contributed by atoms with Crippen molar-refractivity contribution in [2.24, 2.45) is 0 Å². The predicted molar refractivity (Wildman–Crippen MR) is 93.6 cm³/mol. The standard InChI is InChI=1S/C19H29N3O3/c1-4-13(2)22-17(15-5-6-15)16(11-20-22)18(23)21-9-7-19(8-10-21)24-12-14(3)25-19/h11,13-15H,4-10,12H2,1-3H3/t13-,14+/m0/s1. The minimum atomic E-state index is -0.462. The van der Waals surface area contributed by atoms with E-state index in [1.54, 1.807) is 6.20 Å². The molecule has 1 aromatic heterocycles. The van der Waals surface area contributed by atoms with Gasteiger partial charge in [-0.25, -0.2) is 0 Å². The van der Waals surface area contributed by atoms with Crippen LogP contribution in [0.5, 0.6) is 0 Å². The van der Waals surface area contributed by atoms with Gasteiger partial charge in [0.25, 0.3) is 5.91 Å². The van der Waals surface area contributed by atoms with E-state index in [1.807, 2.05) is 11.8 Å². The van der Waals surface area contributed by atoms with Crippen LogP contribution in [0.4, 0.5) is 0 Å². The number of nitrogens with zero attached hydrogens (tertiary/aromatic N) is 3. The Morgan fingerprint density at radius 2 is 2.12 bits per heavy atom. The molecule has 0 N–H and O–H groups in total. The first-order valence-electron chi connectivity index (χ1n) is 9.71. The number of rotatable bonds is 4. The van der Waals surface area contributed by atoms with Gasteiger partial charge < -0.3 is 14.4 Å². The van der Waals surface area contributed by atoms with Gasteiger partial charge in [0.1, 0.15) is 0 Å². The molecule has 25 heavy (non-hydrogen) atoms. The molecule has 4 rings (SSSR count). The van der Waals surface area contributed by atoms with Crippen LogP contribution in [0.1, 0.15) is 80.9 Å². The molecule has 1 aromatic rings. The molecule has 6 nitrogen and oxygen atoms in total. The summed E-state index contributed by atoms with van der Waals surface area (Å²) in [5.41, 5.74) is 1.96. The van der Waals surface area contributed by atoms with Crippen LogP contribution < -0.4 is 0 Å². The van der Waals surface area contributed by atoms with Crippen LogP contribution in [-0.4, -0.2) is 52.2 Å². The SMILES string of the molecule is CC[C@H](C)n1ncc(C(=O)N2CCC3(CC2)OC[C@@H](C)O3)c1C1CC1. The average molecular weight is 347 g/mol. The summed E-state index contributed by atoms with van der Waals surface area (Å²) in [6, 6.07) is 0.337. The normalized spacial score (nSPS) is 27.0. The van der Waals surface area contributed by atoms with Crippen molar-refractivity contribution >= 4 is 5.91 Å². The van der Waals surface area contributed by atoms with Gasteiger partial charge in [-0.15, -0.1) is 0 Å². The number of carbonyl (C=O) groups is 1. The van der Waals surface area contributed by atoms with Gasteiger partial charge in [-0.2, -0.15) is 5.10 Å². The molecule has 0 bridgehead atoms. The summed E-state index contributed by atoms with van der Waals surface area (Å²) < 4.78 is 13.9. The number of likely N-dealkylation sites (tertiary alicyclic amines) is 1. The number of aromatic nitrogens is 2. The summed E-state index contributed by atoms with van der Waals surface area (Å²) in [6.07, 6.45) is 6.81. The molecule has 0 radical (unpaired) electrons. The molecule has 0 aromatic carbocycles. The summed E-state index contributed by atoms with van der Waals surface area (Å²) in [5, 5.41) is 4.56. The van der Waals surface area contributed by atoms with Gasteiger partial charge in [-0.05, 0) is 33.1 Å². The van der Waals surface area contributed by atoms with Gasteiger partial charge in [-0.1, -0.05) is 6.92 Å². The fourth-order valence-electron chi connectivity index (χ4n) is 4.01. The van der Waals surface area contributed by atoms with Crippen LogP contribution in [0.2, 0.25) is 0 Å². The highest BCUT2D eigenvalue weighted by Crippen LogP contribution is 2.43. The molecule has 2 saturated heterocycles. The maximum Gasteiger partial charge on any atom is 0.257 e. The molecule has 2 aliphatic heterocycles. The highest BCUT2D eigenvalue weighted by atomic mass is 16.7. The Hall–Kier alpha value is -1.40. The second-order valence-electron chi connectivity index (χ2n) is 7.86. The maximum atomic E-state index is 13.1. The first-order chi connectivity index (χ1) is 12.0. The molecule has 2 atom stereocenters. The fourth-order valence-corrected chi connectivity index (χ4v) is 4.01. The van der Waals surface area contributed by atoms with Crippen LogP contribution in [0.3, 0.4) is 0 Å². The van der Waals surface area contributed by atoms with Crippen molar-refractivity contribution in [1.29, 1.82) is 0 Å². The predicted octanol–water partition coefficient (Wildman–Crippen LogP) is 3.10. The zero-order chi connectivity index (χ0) is 17.6. The first-order valence-corrected chi connectivity index (χ1v) is 9.71. The molecule has 3 fully saturated rings. The molecular formula is C19H29N3O3. The van der Waals surface area contributed by atoms with E-state index in [4.69, 9.17) is 9.47 Å². The van der Waals surface area contributed by atoms with Gasteiger partial charge in [-0.3, -0.25) is 9.48 Å². The molecule has 1 saturated carbocycles. The number of hydrogen-bond acceptors (Lipinski definition) is 4. The topological polar surface area (TPSA) is 56.6 Å². The average Bonchev–Trinajstić information content (AvgIpc) is 3.27. The van der Waals surface area contributed by atoms with E-state index in [0.717, 1.165) is 30.5 Å². The minimum Gasteiger partial charge on any atom is -0.347 e. The van der Waals surface area contributed by atoms with E-state index in [-0.39, 0.29) is 12.0 Å². The Bertz CT molecular complexity index is 644. The molecular weight excluding hydrogens is 318 g/mol. The van der Waals surface area contributed by atoms with E-state index in [9.17, 15) is 4.79 Å². The van der Waals surface area contributed by atoms with E-state index in [2.05, 4.69) is 23.6 Å². The second-order valence-corrected chi connectivity index (χ2v) is 7.86. The molecule has 138 valence electrons. The molecule has 3 aliphatic rings. The van der Waals surface area contributed by atoms with Gasteiger partial charge in [0.15, 0.2) is 5.79 Å². The monoisotopic (exact) mass is 347 g/mol. The summed E-state index contributed by atoms with van der Waals surface area (Å²) in [7, 11) is 0. The lowest BCUT2D eigenvalue weighted by atomic mass is 10.0. The van der Waals surface area contributed by atoms with Gasteiger partial charge in [0.2, 0.25) is 0 Å². The number of hydrogen-bond donors (Lipinski definition) is 0. The van der Waals surface area contributed by atoms with Crippen LogP contribution >= 0.6 is 0 Å². The zero-order valence-corrected chi connectivity index (χ0v) is 15.5. The fraction of sp³-hybridized carbons (Fsp3) is 0.789. The van der Waals surface area contributed by atoms with Crippen molar-refractivity contribution in [2.75, 3.05) is 19.7 Å². The van der Waals surface area contributed by atoms with Crippen molar-refractivity contribution in [2.45, 2.75) is 76.7 Å². The maximum absolute atomic E-state index is 13.1. The van der Waals surface area contributed by atoms with E-state index < -0.39 is 5.79 Å². The zero-order valence-electron chi connectivity index (χ0n) is 15.5. The smallest absolute Gasteiger partial charge is 0.257 e. The molecule has 1 aliphatic carbocycles. The Morgan fingerprint density at radius 3 is 2.68 bits per heavy atom. The van der Waals surface area contributed by atoms with Crippen LogP contribution in [0.25, 0.3) is 0 Å². The van der Waals surface area contributed by atoms with Crippen LogP contribution in [-0.2, 0) is 9.47 Å². The van der Waals surface area contributed by atoms with E-state index >= 15 is 0 Å². The molecule has 1 amide bonds. The summed E-state index contributed by atoms with van der Waals surface area (Å²) in [5.74, 6) is 0.169. The Balaban J connectivity index is 1.49. The molecule has 0 unspecified atom stereocenters. The van der Waals surface area contributed by atoms with Gasteiger partial charge >= 0.3 is 0 Å². The lowest BCUT2D eigenvalue weighted by molar-refractivity contribution is -0.189. The summed E-state index contributed by atoms with van der Waals surface area (Å²) in [6.45, 7) is 8.40. The third kappa shape index (κ3) is 3.10. The first kappa shape index (κ1) is 17.0. The van der Waals surface area contributed by atoms with Crippen molar-refractivity contribution in [3.05, 3.63) is 17.5 Å². The Morgan fingerprint density at radius 1 is 1.40 bits per heavy atom. The molecule has 3 heterocycles. The van der Waals surface area contributed by atoms with E-state index in [1.165, 1.54) is 12.8 Å². The third-order valence-electron chi connectivity index (χ3n) is 5.85. The lowest BCUT2D eigenvalue weighted by Gasteiger charge is -2.37. The molecule has 1 spiro atoms. The van der Waals surface area contributed by atoms with Crippen molar-refractivity contribution in [3.8, 4) is 0 Å². The molecule has 6 heteroatoms. The van der Waals surface area contributed by atoms with Crippen molar-refractivity contribution in [1.82, 2.24) is 14.7 Å². The Kier molecular flexibility index (Phi) is 4.36. The second kappa shape index (κ2) is 6.40. The van der Waals surface area contributed by atoms with Crippen LogP contribution in [0, 0.1) is 0 Å². The third-order valence-corrected chi connectivity index (χ3v) is 5.85. The van der Waals surface area contributed by atoms with Crippen LogP contribution in [0.15, 0.2) is 6.20 Å². The number of piperidine rings is 1. The van der Waals surface area contributed by atoms with Gasteiger partial charge in [0.05, 0.1) is 30.2 Å². The highest BCUT2D eigenvalue weighted by molar-refractivity contribution is 5.95. The minimum absolute atomic E-state index is 0.123. The largest absolute Gasteiger partial charge is 0.347 e. The Labute approximate surface area is 149 Å². The van der Waals surface area contributed by atoms with Crippen molar-refractivity contribution in [3.63, 3.8) is 0 Å². The number of ether oxygens (including phenoxy) is 2. The van der Waals surface area contributed by atoms with E-state index in [0.29, 0.717) is 31.7 Å². The van der Waals surface area contributed by atoms with Crippen molar-refractivity contribution < 1.29 is 14.3 Å².